The molecule has 5 nitrogen and oxygen atoms in total. The predicted molar refractivity (Wildman–Crippen MR) is 109 cm³/mol. The number of ether oxygens (including phenoxy) is 1. The molecule has 0 atom stereocenters. The monoisotopic (exact) mass is 383 g/mol. The highest BCUT2D eigenvalue weighted by Gasteiger charge is 2.12. The van der Waals surface area contributed by atoms with E-state index in [0.29, 0.717) is 29.7 Å². The number of benzene rings is 2. The second-order valence-corrected chi connectivity index (χ2v) is 6.55. The molecule has 0 saturated carbocycles. The van der Waals surface area contributed by atoms with Crippen molar-refractivity contribution < 1.29 is 13.9 Å². The number of nitrogens with one attached hydrogen (secondary N) is 2. The molecule has 0 aliphatic heterocycles. The Kier molecular flexibility index (Phi) is 6.66. The normalized spacial score (nSPS) is 11.1. The van der Waals surface area contributed by atoms with Gasteiger partial charge in [0.05, 0.1) is 0 Å². The van der Waals surface area contributed by atoms with Gasteiger partial charge >= 0.3 is 0 Å². The molecule has 2 N–H and O–H groups in total. The first kappa shape index (κ1) is 19.9. The number of likely N-dealkylation sites (N-methyl/N-ethyl adjacent to an activating group) is 1. The van der Waals surface area contributed by atoms with Gasteiger partial charge in [0.1, 0.15) is 23.9 Å². The summed E-state index contributed by atoms with van der Waals surface area (Å²) in [4.78, 5) is 17.7. The van der Waals surface area contributed by atoms with Gasteiger partial charge in [0.25, 0.3) is 5.91 Å². The Hall–Kier alpha value is -2.86. The van der Waals surface area contributed by atoms with Gasteiger partial charge in [0.15, 0.2) is 0 Å². The van der Waals surface area contributed by atoms with Gasteiger partial charge in [0, 0.05) is 29.6 Å². The van der Waals surface area contributed by atoms with Crippen LogP contribution in [0, 0.1) is 5.82 Å². The number of nitrogens with zero attached hydrogens (tertiary/aromatic N) is 1. The van der Waals surface area contributed by atoms with E-state index in [2.05, 4.69) is 29.0 Å². The number of hydrogen-bond acceptors (Lipinski definition) is 3. The summed E-state index contributed by atoms with van der Waals surface area (Å²) in [6, 6.07) is 13.9. The SMILES string of the molecule is CCN(CC)CCOc1ccccc1CNC(=O)c1cc2c(F)cccc2[nH]1. The maximum Gasteiger partial charge on any atom is 0.268 e. The molecule has 0 saturated heterocycles. The van der Waals surface area contributed by atoms with Crippen molar-refractivity contribution in [3.63, 3.8) is 0 Å². The van der Waals surface area contributed by atoms with Crippen molar-refractivity contribution in [3.05, 3.63) is 65.6 Å². The van der Waals surface area contributed by atoms with E-state index in [0.717, 1.165) is 30.9 Å². The quantitative estimate of drug-likeness (QED) is 0.588. The van der Waals surface area contributed by atoms with Crippen LogP contribution in [0.2, 0.25) is 0 Å². The third-order valence-electron chi connectivity index (χ3n) is 4.83. The summed E-state index contributed by atoms with van der Waals surface area (Å²) in [5.74, 6) is 0.130. The van der Waals surface area contributed by atoms with E-state index in [-0.39, 0.29) is 11.7 Å². The van der Waals surface area contributed by atoms with Crippen molar-refractivity contribution in [2.24, 2.45) is 0 Å². The molecule has 1 heterocycles. The first-order chi connectivity index (χ1) is 13.6. The first-order valence-corrected chi connectivity index (χ1v) is 9.60. The highest BCUT2D eigenvalue weighted by atomic mass is 19.1. The zero-order valence-electron chi connectivity index (χ0n) is 16.3. The Labute approximate surface area is 164 Å². The number of rotatable bonds is 9. The molecular formula is C22H26FN3O2. The number of H-pyrrole nitrogens is 1. The van der Waals surface area contributed by atoms with Gasteiger partial charge in [0.2, 0.25) is 0 Å². The Morgan fingerprint density at radius 2 is 1.93 bits per heavy atom. The molecule has 1 aromatic heterocycles. The van der Waals surface area contributed by atoms with E-state index in [1.807, 2.05) is 24.3 Å². The largest absolute Gasteiger partial charge is 0.492 e. The third-order valence-corrected chi connectivity index (χ3v) is 4.83. The van der Waals surface area contributed by atoms with Crippen LogP contribution < -0.4 is 10.1 Å². The van der Waals surface area contributed by atoms with Gasteiger partial charge in [-0.2, -0.15) is 0 Å². The summed E-state index contributed by atoms with van der Waals surface area (Å²) in [6.07, 6.45) is 0. The lowest BCUT2D eigenvalue weighted by Gasteiger charge is -2.19. The Morgan fingerprint density at radius 1 is 1.14 bits per heavy atom. The van der Waals surface area contributed by atoms with Gasteiger partial charge < -0.3 is 19.9 Å². The molecule has 148 valence electrons. The first-order valence-electron chi connectivity index (χ1n) is 9.60. The fourth-order valence-electron chi connectivity index (χ4n) is 3.13. The number of aromatic nitrogens is 1. The van der Waals surface area contributed by atoms with Crippen molar-refractivity contribution in [3.8, 4) is 5.75 Å². The standard InChI is InChI=1S/C22H26FN3O2/c1-3-26(4-2)12-13-28-21-11-6-5-8-16(21)15-24-22(27)20-14-17-18(23)9-7-10-19(17)25-20/h5-11,14,25H,3-4,12-13,15H2,1-2H3,(H,24,27). The van der Waals surface area contributed by atoms with Gasteiger partial charge in [-0.25, -0.2) is 4.39 Å². The molecule has 1 amide bonds. The van der Waals surface area contributed by atoms with Crippen LogP contribution >= 0.6 is 0 Å². The lowest BCUT2D eigenvalue weighted by molar-refractivity contribution is 0.0946. The molecule has 3 rings (SSSR count). The molecular weight excluding hydrogens is 357 g/mol. The van der Waals surface area contributed by atoms with Crippen LogP contribution in [-0.4, -0.2) is 42.0 Å². The fraction of sp³-hybridized carbons (Fsp3) is 0.318. The number of fused-ring (bicyclic) bond motifs is 1. The third kappa shape index (κ3) is 4.70. The Bertz CT molecular complexity index is 934. The lowest BCUT2D eigenvalue weighted by atomic mass is 10.2. The minimum atomic E-state index is -0.347. The summed E-state index contributed by atoms with van der Waals surface area (Å²) in [7, 11) is 0. The van der Waals surface area contributed by atoms with E-state index in [1.165, 1.54) is 12.1 Å². The summed E-state index contributed by atoms with van der Waals surface area (Å²) >= 11 is 0. The van der Waals surface area contributed by atoms with E-state index in [1.54, 1.807) is 12.1 Å². The summed E-state index contributed by atoms with van der Waals surface area (Å²) in [6.45, 7) is 8.01. The highest BCUT2D eigenvalue weighted by Crippen LogP contribution is 2.20. The van der Waals surface area contributed by atoms with Crippen LogP contribution in [-0.2, 0) is 6.54 Å². The summed E-state index contributed by atoms with van der Waals surface area (Å²) < 4.78 is 19.7. The maximum absolute atomic E-state index is 13.8. The number of carbonyl (C=O) groups is 1. The van der Waals surface area contributed by atoms with Crippen molar-refractivity contribution in [2.45, 2.75) is 20.4 Å². The molecule has 3 aromatic rings. The second-order valence-electron chi connectivity index (χ2n) is 6.55. The zero-order chi connectivity index (χ0) is 19.9. The molecule has 0 spiro atoms. The molecule has 0 unspecified atom stereocenters. The van der Waals surface area contributed by atoms with Gasteiger partial charge in [-0.3, -0.25) is 4.79 Å². The zero-order valence-corrected chi connectivity index (χ0v) is 16.3. The van der Waals surface area contributed by atoms with Gasteiger partial charge in [-0.15, -0.1) is 0 Å². The number of amides is 1. The van der Waals surface area contributed by atoms with E-state index in [4.69, 9.17) is 4.74 Å². The van der Waals surface area contributed by atoms with E-state index in [9.17, 15) is 9.18 Å². The average molecular weight is 383 g/mol. The fourth-order valence-corrected chi connectivity index (χ4v) is 3.13. The molecule has 0 bridgehead atoms. The predicted octanol–water partition coefficient (Wildman–Crippen LogP) is 3.96. The number of para-hydroxylation sites is 1. The van der Waals surface area contributed by atoms with Crippen LogP contribution in [0.1, 0.15) is 29.9 Å². The smallest absolute Gasteiger partial charge is 0.268 e. The van der Waals surface area contributed by atoms with Crippen LogP contribution in [0.3, 0.4) is 0 Å². The highest BCUT2D eigenvalue weighted by molar-refractivity contribution is 5.98. The molecule has 6 heteroatoms. The lowest BCUT2D eigenvalue weighted by Crippen LogP contribution is -2.28. The minimum absolute atomic E-state index is 0.284. The Balaban J connectivity index is 1.62. The van der Waals surface area contributed by atoms with Crippen molar-refractivity contribution in [2.75, 3.05) is 26.2 Å². The molecule has 0 aliphatic carbocycles. The van der Waals surface area contributed by atoms with Crippen molar-refractivity contribution >= 4 is 16.8 Å². The summed E-state index contributed by atoms with van der Waals surface area (Å²) in [5.41, 5.74) is 1.84. The average Bonchev–Trinajstić information content (AvgIpc) is 3.16. The number of halogens is 1. The molecule has 28 heavy (non-hydrogen) atoms. The minimum Gasteiger partial charge on any atom is -0.492 e. The van der Waals surface area contributed by atoms with Crippen LogP contribution in [0.4, 0.5) is 4.39 Å². The molecule has 0 aliphatic rings. The molecule has 0 fully saturated rings. The van der Waals surface area contributed by atoms with E-state index < -0.39 is 0 Å². The number of carbonyl (C=O) groups excluding carboxylic acids is 1. The van der Waals surface area contributed by atoms with E-state index >= 15 is 0 Å². The van der Waals surface area contributed by atoms with Gasteiger partial charge in [-0.05, 0) is 37.4 Å². The molecule has 0 radical (unpaired) electrons. The van der Waals surface area contributed by atoms with Gasteiger partial charge in [-0.1, -0.05) is 38.1 Å². The van der Waals surface area contributed by atoms with Crippen LogP contribution in [0.25, 0.3) is 10.9 Å². The maximum atomic E-state index is 13.8. The topological polar surface area (TPSA) is 57.4 Å². The summed E-state index contributed by atoms with van der Waals surface area (Å²) in [5, 5.41) is 3.28. The van der Waals surface area contributed by atoms with Crippen LogP contribution in [0.15, 0.2) is 48.5 Å². The van der Waals surface area contributed by atoms with Crippen molar-refractivity contribution in [1.82, 2.24) is 15.2 Å². The number of hydrogen-bond donors (Lipinski definition) is 2. The van der Waals surface area contributed by atoms with Crippen molar-refractivity contribution in [1.29, 1.82) is 0 Å². The van der Waals surface area contributed by atoms with Crippen LogP contribution in [0.5, 0.6) is 5.75 Å². The second kappa shape index (κ2) is 9.37. The molecule has 2 aromatic carbocycles. The Morgan fingerprint density at radius 3 is 2.68 bits per heavy atom. The number of aromatic amines is 1.